The Morgan fingerprint density at radius 1 is 1.29 bits per heavy atom. The minimum absolute atomic E-state index is 0.0112. The fourth-order valence-corrected chi connectivity index (χ4v) is 3.24. The van der Waals surface area contributed by atoms with Crippen molar-refractivity contribution in [2.45, 2.75) is 38.8 Å². The van der Waals surface area contributed by atoms with Gasteiger partial charge >= 0.3 is 0 Å². The highest BCUT2D eigenvalue weighted by Crippen LogP contribution is 2.23. The summed E-state index contributed by atoms with van der Waals surface area (Å²) < 4.78 is 0. The molecule has 1 atom stereocenters. The Hall–Kier alpha value is -2.34. The molecule has 0 aromatic heterocycles. The van der Waals surface area contributed by atoms with E-state index in [1.807, 2.05) is 6.92 Å². The predicted molar refractivity (Wildman–Crippen MR) is 116 cm³/mol. The number of hydrogen-bond donors (Lipinski definition) is 2. The van der Waals surface area contributed by atoms with E-state index in [4.69, 9.17) is 0 Å². The molecule has 0 aliphatic carbocycles. The highest BCUT2D eigenvalue weighted by Gasteiger charge is 2.24. The van der Waals surface area contributed by atoms with Gasteiger partial charge < -0.3 is 15.5 Å². The van der Waals surface area contributed by atoms with Crippen LogP contribution in [0.4, 0.5) is 0 Å². The van der Waals surface area contributed by atoms with Crippen molar-refractivity contribution < 1.29 is 4.79 Å². The van der Waals surface area contributed by atoms with Crippen LogP contribution in [0.2, 0.25) is 0 Å². The van der Waals surface area contributed by atoms with E-state index >= 15 is 0 Å². The van der Waals surface area contributed by atoms with Gasteiger partial charge in [-0.15, -0.1) is 0 Å². The molecule has 1 saturated heterocycles. The first-order valence-electron chi connectivity index (χ1n) is 10.0. The minimum Gasteiger partial charge on any atom is -0.354 e. The average molecular weight is 386 g/mol. The minimum atomic E-state index is -0.0112. The number of likely N-dealkylation sites (N-methyl/N-ethyl adjacent to an activating group) is 1. The topological polar surface area (TPSA) is 60.0 Å². The third kappa shape index (κ3) is 7.00. The van der Waals surface area contributed by atoms with Crippen LogP contribution in [-0.2, 0) is 4.79 Å². The van der Waals surface area contributed by atoms with Gasteiger partial charge in [-0.05, 0) is 32.3 Å². The molecule has 154 valence electrons. The number of likely N-dealkylation sites (tertiary alicyclic amines) is 1. The van der Waals surface area contributed by atoms with Crippen LogP contribution < -0.4 is 10.6 Å². The molecule has 0 saturated carbocycles. The number of rotatable bonds is 7. The smallest absolute Gasteiger partial charge is 0.243 e. The number of benzene rings is 1. The summed E-state index contributed by atoms with van der Waals surface area (Å²) in [6.45, 7) is 11.0. The standard InChI is InChI=1S/C22H35N5O/c1-17(2)15-23-22(24-16-21(28)26(4)5)25-20-11-13-27(14-12-20)18(3)19-9-7-6-8-10-19/h6-10,18,20H,1,11-16H2,2-5H3,(H2,23,24,25). The van der Waals surface area contributed by atoms with Gasteiger partial charge in [0.15, 0.2) is 5.96 Å². The number of hydrogen-bond acceptors (Lipinski definition) is 3. The van der Waals surface area contributed by atoms with Crippen LogP contribution in [0.1, 0.15) is 38.3 Å². The molecule has 1 aliphatic rings. The van der Waals surface area contributed by atoms with Crippen molar-refractivity contribution in [1.29, 1.82) is 0 Å². The molecule has 0 bridgehead atoms. The summed E-state index contributed by atoms with van der Waals surface area (Å²) in [5, 5.41) is 6.78. The summed E-state index contributed by atoms with van der Waals surface area (Å²) in [5.74, 6) is 0.677. The number of carbonyl (C=O) groups is 1. The molecule has 1 amide bonds. The van der Waals surface area contributed by atoms with Gasteiger partial charge in [0.2, 0.25) is 5.91 Å². The predicted octanol–water partition coefficient (Wildman–Crippen LogP) is 2.41. The first kappa shape index (κ1) is 22.0. The van der Waals surface area contributed by atoms with Crippen molar-refractivity contribution in [2.24, 2.45) is 4.99 Å². The summed E-state index contributed by atoms with van der Waals surface area (Å²) in [6.07, 6.45) is 2.10. The molecule has 1 aliphatic heterocycles. The Morgan fingerprint density at radius 3 is 2.50 bits per heavy atom. The van der Waals surface area contributed by atoms with Crippen molar-refractivity contribution in [3.05, 3.63) is 48.0 Å². The number of guanidine groups is 1. The number of carbonyl (C=O) groups excluding carboxylic acids is 1. The van der Waals surface area contributed by atoms with E-state index in [-0.39, 0.29) is 12.5 Å². The molecule has 2 N–H and O–H groups in total. The zero-order chi connectivity index (χ0) is 20.5. The van der Waals surface area contributed by atoms with Crippen LogP contribution in [0.15, 0.2) is 47.5 Å². The second-order valence-electron chi connectivity index (χ2n) is 7.80. The molecule has 0 radical (unpaired) electrons. The molecule has 2 rings (SSSR count). The van der Waals surface area contributed by atoms with E-state index in [9.17, 15) is 4.79 Å². The lowest BCUT2D eigenvalue weighted by molar-refractivity contribution is -0.127. The molecule has 6 nitrogen and oxygen atoms in total. The van der Waals surface area contributed by atoms with Crippen LogP contribution in [0.25, 0.3) is 0 Å². The third-order valence-corrected chi connectivity index (χ3v) is 5.13. The van der Waals surface area contributed by atoms with Gasteiger partial charge in [0.25, 0.3) is 0 Å². The van der Waals surface area contributed by atoms with E-state index in [0.717, 1.165) is 31.5 Å². The Bertz CT molecular complexity index is 663. The molecule has 1 fully saturated rings. The van der Waals surface area contributed by atoms with Crippen LogP contribution in [0.3, 0.4) is 0 Å². The van der Waals surface area contributed by atoms with E-state index < -0.39 is 0 Å². The maximum absolute atomic E-state index is 11.9. The summed E-state index contributed by atoms with van der Waals surface area (Å²) in [6, 6.07) is 11.4. The van der Waals surface area contributed by atoms with Crippen molar-refractivity contribution in [1.82, 2.24) is 20.4 Å². The van der Waals surface area contributed by atoms with Crippen LogP contribution >= 0.6 is 0 Å². The van der Waals surface area contributed by atoms with Gasteiger partial charge in [-0.2, -0.15) is 0 Å². The van der Waals surface area contributed by atoms with Crippen molar-refractivity contribution >= 4 is 11.9 Å². The maximum Gasteiger partial charge on any atom is 0.243 e. The van der Waals surface area contributed by atoms with E-state index in [0.29, 0.717) is 24.6 Å². The zero-order valence-electron chi connectivity index (χ0n) is 17.7. The molecule has 28 heavy (non-hydrogen) atoms. The summed E-state index contributed by atoms with van der Waals surface area (Å²) in [4.78, 5) is 20.4. The van der Waals surface area contributed by atoms with Gasteiger partial charge in [-0.3, -0.25) is 9.69 Å². The van der Waals surface area contributed by atoms with Gasteiger partial charge in [-0.25, -0.2) is 4.99 Å². The molecule has 1 unspecified atom stereocenters. The molecule has 0 spiro atoms. The fraction of sp³-hybridized carbons (Fsp3) is 0.545. The van der Waals surface area contributed by atoms with Crippen molar-refractivity contribution in [3.8, 4) is 0 Å². The fourth-order valence-electron chi connectivity index (χ4n) is 3.24. The number of aliphatic imine (C=N–C) groups is 1. The van der Waals surface area contributed by atoms with E-state index in [1.54, 1.807) is 19.0 Å². The van der Waals surface area contributed by atoms with Crippen LogP contribution in [0, 0.1) is 0 Å². The van der Waals surface area contributed by atoms with Crippen molar-refractivity contribution in [2.75, 3.05) is 40.3 Å². The van der Waals surface area contributed by atoms with Gasteiger partial charge in [0.1, 0.15) is 6.54 Å². The monoisotopic (exact) mass is 385 g/mol. The molecule has 1 heterocycles. The lowest BCUT2D eigenvalue weighted by Crippen LogP contribution is -2.49. The van der Waals surface area contributed by atoms with E-state index in [1.165, 1.54) is 5.56 Å². The molecule has 1 aromatic rings. The van der Waals surface area contributed by atoms with Gasteiger partial charge in [0.05, 0.1) is 0 Å². The van der Waals surface area contributed by atoms with Gasteiger partial charge in [-0.1, -0.05) is 42.5 Å². The first-order chi connectivity index (χ1) is 13.4. The lowest BCUT2D eigenvalue weighted by Gasteiger charge is -2.37. The van der Waals surface area contributed by atoms with Crippen LogP contribution in [-0.4, -0.2) is 68.0 Å². The Labute approximate surface area is 169 Å². The quantitative estimate of drug-likeness (QED) is 0.430. The Balaban J connectivity index is 1.90. The van der Waals surface area contributed by atoms with Crippen LogP contribution in [0.5, 0.6) is 0 Å². The molecule has 1 aromatic carbocycles. The van der Waals surface area contributed by atoms with Gasteiger partial charge in [0, 0.05) is 45.8 Å². The summed E-state index contributed by atoms with van der Waals surface area (Å²) >= 11 is 0. The maximum atomic E-state index is 11.9. The Kier molecular flexibility index (Phi) is 8.51. The highest BCUT2D eigenvalue weighted by molar-refractivity contribution is 5.85. The SMILES string of the molecule is C=C(C)CNC(=NCC(=O)N(C)C)NC1CCN(C(C)c2ccccc2)CC1. The summed E-state index contributed by atoms with van der Waals surface area (Å²) in [7, 11) is 3.49. The zero-order valence-corrected chi connectivity index (χ0v) is 17.7. The molecule has 6 heteroatoms. The first-order valence-corrected chi connectivity index (χ1v) is 10.0. The lowest BCUT2D eigenvalue weighted by atomic mass is 10.0. The normalized spacial score (nSPS) is 17.1. The largest absolute Gasteiger partial charge is 0.354 e. The summed E-state index contributed by atoms with van der Waals surface area (Å²) in [5.41, 5.74) is 2.39. The second kappa shape index (κ2) is 10.9. The molecular formula is C22H35N5O. The number of amides is 1. The number of piperidine rings is 1. The molecular weight excluding hydrogens is 350 g/mol. The number of nitrogens with one attached hydrogen (secondary N) is 2. The number of nitrogens with zero attached hydrogens (tertiary/aromatic N) is 3. The second-order valence-corrected chi connectivity index (χ2v) is 7.80. The average Bonchev–Trinajstić information content (AvgIpc) is 2.70. The van der Waals surface area contributed by atoms with E-state index in [2.05, 4.69) is 64.4 Å². The Morgan fingerprint density at radius 2 is 1.93 bits per heavy atom. The third-order valence-electron chi connectivity index (χ3n) is 5.13. The van der Waals surface area contributed by atoms with Crippen molar-refractivity contribution in [3.63, 3.8) is 0 Å². The highest BCUT2D eigenvalue weighted by atomic mass is 16.2.